The number of nitrogens with one attached hydrogen (secondary N) is 2. The van der Waals surface area contributed by atoms with Crippen molar-refractivity contribution in [1.82, 2.24) is 5.32 Å². The third kappa shape index (κ3) is 6.60. The molecule has 0 aromatic heterocycles. The zero-order chi connectivity index (χ0) is 22.5. The maximum atomic E-state index is 12.5. The molecule has 0 aliphatic heterocycles. The second kappa shape index (κ2) is 9.77. The maximum Gasteiger partial charge on any atom is 0.407 e. The molecule has 2 rings (SSSR count). The van der Waals surface area contributed by atoms with E-state index in [1.165, 1.54) is 6.07 Å². The lowest BCUT2D eigenvalue weighted by Gasteiger charge is -2.19. The fraction of sp³-hybridized carbons (Fsp3) is 0.300. The summed E-state index contributed by atoms with van der Waals surface area (Å²) in [4.78, 5) is 34.5. The minimum Gasteiger partial charge on any atom is -0.444 e. The summed E-state index contributed by atoms with van der Waals surface area (Å²) in [6.07, 6.45) is 0.0767. The molecular formula is C20H21Cl2N3O5. The number of nitro groups is 1. The van der Waals surface area contributed by atoms with Gasteiger partial charge in [-0.05, 0) is 51.0 Å². The Morgan fingerprint density at radius 1 is 1.10 bits per heavy atom. The Morgan fingerprint density at radius 3 is 2.30 bits per heavy atom. The Balaban J connectivity index is 1.98. The van der Waals surface area contributed by atoms with Crippen molar-refractivity contribution in [3.05, 3.63) is 67.7 Å². The Morgan fingerprint density at radius 2 is 1.73 bits per heavy atom. The topological polar surface area (TPSA) is 111 Å². The van der Waals surface area contributed by atoms with Gasteiger partial charge >= 0.3 is 6.09 Å². The highest BCUT2D eigenvalue weighted by Crippen LogP contribution is 2.33. The first kappa shape index (κ1) is 23.4. The Hall–Kier alpha value is -2.84. The summed E-state index contributed by atoms with van der Waals surface area (Å²) in [6, 6.07) is 9.29. The van der Waals surface area contributed by atoms with Crippen molar-refractivity contribution >= 4 is 46.6 Å². The fourth-order valence-corrected chi connectivity index (χ4v) is 3.07. The van der Waals surface area contributed by atoms with Crippen molar-refractivity contribution in [2.75, 3.05) is 11.9 Å². The predicted molar refractivity (Wildman–Crippen MR) is 115 cm³/mol. The van der Waals surface area contributed by atoms with E-state index in [-0.39, 0.29) is 15.6 Å². The van der Waals surface area contributed by atoms with Crippen LogP contribution in [-0.4, -0.2) is 29.1 Å². The zero-order valence-electron chi connectivity index (χ0n) is 16.6. The van der Waals surface area contributed by atoms with Gasteiger partial charge in [0.2, 0.25) is 0 Å². The van der Waals surface area contributed by atoms with E-state index in [1.54, 1.807) is 45.0 Å². The SMILES string of the molecule is CC(C)(C)OC(=O)NCCc1ccc(NC(=O)c2c(Cl)ccc([N+](=O)[O-])c2Cl)cc1. The van der Waals surface area contributed by atoms with Gasteiger partial charge in [0.25, 0.3) is 11.6 Å². The van der Waals surface area contributed by atoms with Crippen LogP contribution in [0.5, 0.6) is 0 Å². The molecule has 0 fully saturated rings. The zero-order valence-corrected chi connectivity index (χ0v) is 18.1. The molecule has 0 unspecified atom stereocenters. The number of anilines is 1. The van der Waals surface area contributed by atoms with Crippen LogP contribution in [0, 0.1) is 10.1 Å². The van der Waals surface area contributed by atoms with Gasteiger partial charge < -0.3 is 15.4 Å². The van der Waals surface area contributed by atoms with E-state index >= 15 is 0 Å². The first-order valence-corrected chi connectivity index (χ1v) is 9.73. The molecule has 2 amide bonds. The molecule has 0 atom stereocenters. The number of rotatable bonds is 6. The quantitative estimate of drug-likeness (QED) is 0.459. The van der Waals surface area contributed by atoms with Crippen molar-refractivity contribution in [1.29, 1.82) is 0 Å². The van der Waals surface area contributed by atoms with Crippen LogP contribution in [0.4, 0.5) is 16.2 Å². The summed E-state index contributed by atoms with van der Waals surface area (Å²) in [5, 5.41) is 16.0. The number of halogens is 2. The molecule has 0 radical (unpaired) electrons. The molecule has 0 saturated carbocycles. The number of benzene rings is 2. The van der Waals surface area contributed by atoms with Crippen molar-refractivity contribution in [2.45, 2.75) is 32.8 Å². The standard InChI is InChI=1S/C20H21Cl2N3O5/c1-20(2,3)30-19(27)23-11-10-12-4-6-13(7-5-12)24-18(26)16-14(21)8-9-15(17(16)22)25(28)29/h4-9H,10-11H2,1-3H3,(H,23,27)(H,24,26). The van der Waals surface area contributed by atoms with Gasteiger partial charge in [0.05, 0.1) is 15.5 Å². The Labute approximate surface area is 183 Å². The molecule has 2 N–H and O–H groups in total. The third-order valence-corrected chi connectivity index (χ3v) is 4.49. The van der Waals surface area contributed by atoms with Crippen molar-refractivity contribution in [2.24, 2.45) is 0 Å². The molecule has 0 aliphatic carbocycles. The highest BCUT2D eigenvalue weighted by atomic mass is 35.5. The molecule has 0 spiro atoms. The first-order chi connectivity index (χ1) is 14.0. The summed E-state index contributed by atoms with van der Waals surface area (Å²) in [6.45, 7) is 5.74. The van der Waals surface area contributed by atoms with Crippen LogP contribution in [-0.2, 0) is 11.2 Å². The number of amides is 2. The normalized spacial score (nSPS) is 11.0. The molecule has 8 nitrogen and oxygen atoms in total. The minimum atomic E-state index is -0.685. The van der Waals surface area contributed by atoms with E-state index in [2.05, 4.69) is 10.6 Å². The average molecular weight is 454 g/mol. The predicted octanol–water partition coefficient (Wildman–Crippen LogP) is 5.22. The summed E-state index contributed by atoms with van der Waals surface area (Å²) >= 11 is 12.0. The first-order valence-electron chi connectivity index (χ1n) is 8.97. The molecular weight excluding hydrogens is 433 g/mol. The second-order valence-electron chi connectivity index (χ2n) is 7.34. The van der Waals surface area contributed by atoms with E-state index < -0.39 is 28.2 Å². The largest absolute Gasteiger partial charge is 0.444 e. The number of carbonyl (C=O) groups is 2. The highest BCUT2D eigenvalue weighted by Gasteiger charge is 2.23. The number of hydrogen-bond donors (Lipinski definition) is 2. The van der Waals surface area contributed by atoms with E-state index in [9.17, 15) is 19.7 Å². The van der Waals surface area contributed by atoms with Crippen molar-refractivity contribution in [3.63, 3.8) is 0 Å². The summed E-state index contributed by atoms with van der Waals surface area (Å²) in [5.74, 6) is -0.659. The number of alkyl carbamates (subject to hydrolysis) is 1. The van der Waals surface area contributed by atoms with Crippen LogP contribution in [0.15, 0.2) is 36.4 Å². The summed E-state index contributed by atoms with van der Waals surface area (Å²) in [7, 11) is 0. The van der Waals surface area contributed by atoms with Crippen molar-refractivity contribution < 1.29 is 19.2 Å². The van der Waals surface area contributed by atoms with Crippen LogP contribution < -0.4 is 10.6 Å². The van der Waals surface area contributed by atoms with Gasteiger partial charge in [0, 0.05) is 18.3 Å². The smallest absolute Gasteiger partial charge is 0.407 e. The molecule has 0 heterocycles. The summed E-state index contributed by atoms with van der Waals surface area (Å²) in [5.41, 5.74) is 0.254. The lowest BCUT2D eigenvalue weighted by atomic mass is 10.1. The molecule has 30 heavy (non-hydrogen) atoms. The molecule has 2 aromatic rings. The van der Waals surface area contributed by atoms with Crippen LogP contribution in [0.1, 0.15) is 36.7 Å². The van der Waals surface area contributed by atoms with Gasteiger partial charge in [-0.2, -0.15) is 0 Å². The van der Waals surface area contributed by atoms with Gasteiger partial charge in [-0.15, -0.1) is 0 Å². The van der Waals surface area contributed by atoms with E-state index in [0.29, 0.717) is 18.7 Å². The van der Waals surface area contributed by atoms with Gasteiger partial charge in [0.1, 0.15) is 10.6 Å². The third-order valence-electron chi connectivity index (χ3n) is 3.79. The van der Waals surface area contributed by atoms with Crippen LogP contribution >= 0.6 is 23.2 Å². The van der Waals surface area contributed by atoms with Gasteiger partial charge in [-0.1, -0.05) is 35.3 Å². The van der Waals surface area contributed by atoms with Crippen LogP contribution in [0.3, 0.4) is 0 Å². The minimum absolute atomic E-state index is 0.00735. The van der Waals surface area contributed by atoms with Crippen LogP contribution in [0.25, 0.3) is 0 Å². The van der Waals surface area contributed by atoms with E-state index in [4.69, 9.17) is 27.9 Å². The number of ether oxygens (including phenoxy) is 1. The number of hydrogen-bond acceptors (Lipinski definition) is 5. The highest BCUT2D eigenvalue weighted by molar-refractivity contribution is 6.41. The van der Waals surface area contributed by atoms with Gasteiger partial charge in [0.15, 0.2) is 0 Å². The van der Waals surface area contributed by atoms with Gasteiger partial charge in [-0.3, -0.25) is 14.9 Å². The Bertz CT molecular complexity index is 956. The fourth-order valence-electron chi connectivity index (χ4n) is 2.46. The number of nitrogens with zero attached hydrogens (tertiary/aromatic N) is 1. The number of nitro benzene ring substituents is 1. The monoisotopic (exact) mass is 453 g/mol. The van der Waals surface area contributed by atoms with Crippen molar-refractivity contribution in [3.8, 4) is 0 Å². The lowest BCUT2D eigenvalue weighted by Crippen LogP contribution is -2.33. The molecule has 2 aromatic carbocycles. The molecule has 10 heteroatoms. The molecule has 0 aliphatic rings. The maximum absolute atomic E-state index is 12.5. The van der Waals surface area contributed by atoms with Gasteiger partial charge in [-0.25, -0.2) is 4.79 Å². The lowest BCUT2D eigenvalue weighted by molar-refractivity contribution is -0.384. The summed E-state index contributed by atoms with van der Waals surface area (Å²) < 4.78 is 5.16. The molecule has 0 saturated heterocycles. The molecule has 0 bridgehead atoms. The Kier molecular flexibility index (Phi) is 7.64. The van der Waals surface area contributed by atoms with E-state index in [1.807, 2.05) is 0 Å². The van der Waals surface area contributed by atoms with E-state index in [0.717, 1.165) is 11.6 Å². The number of carbonyl (C=O) groups excluding carboxylic acids is 2. The molecule has 160 valence electrons. The van der Waals surface area contributed by atoms with Crippen LogP contribution in [0.2, 0.25) is 10.0 Å². The second-order valence-corrected chi connectivity index (χ2v) is 8.13. The average Bonchev–Trinajstić information content (AvgIpc) is 2.61.